The molecular weight excluding hydrogens is 373 g/mol. The normalized spacial score (nSPS) is 11.0. The van der Waals surface area contributed by atoms with Gasteiger partial charge in [0.05, 0.1) is 11.9 Å². The molecule has 0 bridgehead atoms. The number of nitrogens with one attached hydrogen (secondary N) is 1. The zero-order chi connectivity index (χ0) is 20.4. The SMILES string of the molecule is Cc1nc2c(cnn2-c2ccccc2)c(=O)n1CCC(=O)Nc1cccc(F)c1. The van der Waals surface area contributed by atoms with Crippen LogP contribution in [0.4, 0.5) is 10.1 Å². The number of fused-ring (bicyclic) bond motifs is 1. The molecule has 8 heteroatoms. The van der Waals surface area contributed by atoms with Crippen molar-refractivity contribution in [2.24, 2.45) is 0 Å². The molecule has 0 saturated carbocycles. The van der Waals surface area contributed by atoms with Gasteiger partial charge in [-0.1, -0.05) is 24.3 Å². The van der Waals surface area contributed by atoms with Crippen molar-refractivity contribution < 1.29 is 9.18 Å². The molecule has 1 amide bonds. The van der Waals surface area contributed by atoms with Crippen molar-refractivity contribution in [3.05, 3.63) is 82.8 Å². The second-order valence-electron chi connectivity index (χ2n) is 6.55. The smallest absolute Gasteiger partial charge is 0.264 e. The summed E-state index contributed by atoms with van der Waals surface area (Å²) in [5, 5.41) is 7.30. The molecule has 0 fully saturated rings. The van der Waals surface area contributed by atoms with Gasteiger partial charge >= 0.3 is 0 Å². The van der Waals surface area contributed by atoms with E-state index in [1.807, 2.05) is 30.3 Å². The second kappa shape index (κ2) is 7.67. The van der Waals surface area contributed by atoms with Crippen molar-refractivity contribution in [1.82, 2.24) is 19.3 Å². The average molecular weight is 391 g/mol. The van der Waals surface area contributed by atoms with Crippen LogP contribution in [-0.2, 0) is 11.3 Å². The summed E-state index contributed by atoms with van der Waals surface area (Å²) in [5.41, 5.74) is 1.39. The maximum absolute atomic E-state index is 13.2. The molecule has 0 radical (unpaired) electrons. The Morgan fingerprint density at radius 2 is 1.93 bits per heavy atom. The van der Waals surface area contributed by atoms with E-state index in [0.717, 1.165) is 5.69 Å². The van der Waals surface area contributed by atoms with Crippen molar-refractivity contribution in [2.75, 3.05) is 5.32 Å². The molecule has 2 heterocycles. The highest BCUT2D eigenvalue weighted by atomic mass is 19.1. The van der Waals surface area contributed by atoms with Crippen LogP contribution < -0.4 is 10.9 Å². The lowest BCUT2D eigenvalue weighted by molar-refractivity contribution is -0.116. The lowest BCUT2D eigenvalue weighted by Gasteiger charge is -2.10. The molecule has 1 N–H and O–H groups in total. The van der Waals surface area contributed by atoms with E-state index in [1.165, 1.54) is 29.0 Å². The number of rotatable bonds is 5. The number of hydrogen-bond acceptors (Lipinski definition) is 4. The summed E-state index contributed by atoms with van der Waals surface area (Å²) in [4.78, 5) is 29.6. The molecular formula is C21H18FN5O2. The zero-order valence-corrected chi connectivity index (χ0v) is 15.7. The third-order valence-electron chi connectivity index (χ3n) is 4.55. The largest absolute Gasteiger partial charge is 0.326 e. The molecule has 0 spiro atoms. The monoisotopic (exact) mass is 391 g/mol. The Morgan fingerprint density at radius 3 is 2.69 bits per heavy atom. The van der Waals surface area contributed by atoms with Crippen LogP contribution in [0, 0.1) is 12.7 Å². The fourth-order valence-electron chi connectivity index (χ4n) is 3.13. The summed E-state index contributed by atoms with van der Waals surface area (Å²) in [6, 6.07) is 15.1. The van der Waals surface area contributed by atoms with Crippen molar-refractivity contribution in [3.8, 4) is 5.69 Å². The third kappa shape index (κ3) is 3.77. The van der Waals surface area contributed by atoms with Crippen LogP contribution in [0.2, 0.25) is 0 Å². The average Bonchev–Trinajstić information content (AvgIpc) is 3.12. The number of nitrogens with zero attached hydrogens (tertiary/aromatic N) is 4. The van der Waals surface area contributed by atoms with E-state index in [9.17, 15) is 14.0 Å². The molecule has 0 atom stereocenters. The van der Waals surface area contributed by atoms with Crippen LogP contribution in [-0.4, -0.2) is 25.2 Å². The summed E-state index contributed by atoms with van der Waals surface area (Å²) < 4.78 is 16.3. The van der Waals surface area contributed by atoms with E-state index in [2.05, 4.69) is 15.4 Å². The number of benzene rings is 2. The van der Waals surface area contributed by atoms with Gasteiger partial charge in [-0.2, -0.15) is 5.10 Å². The van der Waals surface area contributed by atoms with E-state index >= 15 is 0 Å². The van der Waals surface area contributed by atoms with Gasteiger partial charge < -0.3 is 5.32 Å². The number of carbonyl (C=O) groups excluding carboxylic acids is 1. The first kappa shape index (κ1) is 18.5. The summed E-state index contributed by atoms with van der Waals surface area (Å²) in [7, 11) is 0. The van der Waals surface area contributed by atoms with E-state index in [0.29, 0.717) is 22.5 Å². The zero-order valence-electron chi connectivity index (χ0n) is 15.7. The van der Waals surface area contributed by atoms with Crippen molar-refractivity contribution in [1.29, 1.82) is 0 Å². The fourth-order valence-corrected chi connectivity index (χ4v) is 3.13. The Hall–Kier alpha value is -3.81. The van der Waals surface area contributed by atoms with Gasteiger partial charge in [0, 0.05) is 18.7 Å². The molecule has 0 unspecified atom stereocenters. The van der Waals surface area contributed by atoms with Gasteiger partial charge in [0.25, 0.3) is 5.56 Å². The number of amides is 1. The van der Waals surface area contributed by atoms with Crippen LogP contribution in [0.3, 0.4) is 0 Å². The Labute approximate surface area is 165 Å². The van der Waals surface area contributed by atoms with Crippen LogP contribution in [0.15, 0.2) is 65.6 Å². The fraction of sp³-hybridized carbons (Fsp3) is 0.143. The molecule has 7 nitrogen and oxygen atoms in total. The molecule has 4 rings (SSSR count). The molecule has 4 aromatic rings. The van der Waals surface area contributed by atoms with Gasteiger partial charge in [0.15, 0.2) is 5.65 Å². The minimum Gasteiger partial charge on any atom is -0.326 e. The van der Waals surface area contributed by atoms with Crippen molar-refractivity contribution in [3.63, 3.8) is 0 Å². The maximum atomic E-state index is 13.2. The predicted molar refractivity (Wildman–Crippen MR) is 108 cm³/mol. The number of anilines is 1. The molecule has 0 aliphatic rings. The topological polar surface area (TPSA) is 81.8 Å². The minimum atomic E-state index is -0.431. The van der Waals surface area contributed by atoms with Crippen molar-refractivity contribution in [2.45, 2.75) is 19.9 Å². The summed E-state index contributed by atoms with van der Waals surface area (Å²) >= 11 is 0. The maximum Gasteiger partial charge on any atom is 0.264 e. The van der Waals surface area contributed by atoms with Crippen LogP contribution in [0.1, 0.15) is 12.2 Å². The number of aryl methyl sites for hydroxylation is 1. The van der Waals surface area contributed by atoms with Gasteiger partial charge in [-0.3, -0.25) is 14.2 Å². The molecule has 2 aromatic heterocycles. The Kier molecular flexibility index (Phi) is 4.90. The van der Waals surface area contributed by atoms with Crippen LogP contribution in [0.25, 0.3) is 16.7 Å². The number of para-hydroxylation sites is 1. The van der Waals surface area contributed by atoms with Gasteiger partial charge in [-0.25, -0.2) is 14.1 Å². The van der Waals surface area contributed by atoms with Crippen molar-refractivity contribution >= 4 is 22.6 Å². The van der Waals surface area contributed by atoms with Gasteiger partial charge in [0.2, 0.25) is 5.91 Å². The highest BCUT2D eigenvalue weighted by Crippen LogP contribution is 2.14. The van der Waals surface area contributed by atoms with E-state index in [1.54, 1.807) is 17.7 Å². The molecule has 2 aromatic carbocycles. The Balaban J connectivity index is 1.57. The Bertz CT molecular complexity index is 1250. The first-order chi connectivity index (χ1) is 14.0. The highest BCUT2D eigenvalue weighted by Gasteiger charge is 2.15. The number of halogens is 1. The molecule has 146 valence electrons. The van der Waals surface area contributed by atoms with E-state index < -0.39 is 5.82 Å². The van der Waals surface area contributed by atoms with Gasteiger partial charge in [0.1, 0.15) is 17.0 Å². The highest BCUT2D eigenvalue weighted by molar-refractivity contribution is 5.90. The number of carbonyl (C=O) groups is 1. The number of hydrogen-bond donors (Lipinski definition) is 1. The van der Waals surface area contributed by atoms with Crippen LogP contribution >= 0.6 is 0 Å². The first-order valence-electron chi connectivity index (χ1n) is 9.09. The molecule has 0 saturated heterocycles. The standard InChI is InChI=1S/C21H18FN5O2/c1-14-24-20-18(13-23-27(20)17-8-3-2-4-9-17)21(29)26(14)11-10-19(28)25-16-7-5-6-15(22)12-16/h2-9,12-13H,10-11H2,1H3,(H,25,28). The predicted octanol–water partition coefficient (Wildman–Crippen LogP) is 3.06. The molecule has 0 aliphatic heterocycles. The quantitative estimate of drug-likeness (QED) is 0.567. The van der Waals surface area contributed by atoms with E-state index in [-0.39, 0.29) is 24.4 Å². The van der Waals surface area contributed by atoms with Gasteiger partial charge in [-0.15, -0.1) is 0 Å². The molecule has 29 heavy (non-hydrogen) atoms. The summed E-state index contributed by atoms with van der Waals surface area (Å²) in [5.74, 6) is -0.263. The summed E-state index contributed by atoms with van der Waals surface area (Å²) in [6.45, 7) is 1.87. The second-order valence-corrected chi connectivity index (χ2v) is 6.55. The lowest BCUT2D eigenvalue weighted by Crippen LogP contribution is -2.26. The van der Waals surface area contributed by atoms with E-state index in [4.69, 9.17) is 0 Å². The lowest BCUT2D eigenvalue weighted by atomic mass is 10.3. The first-order valence-corrected chi connectivity index (χ1v) is 9.09. The Morgan fingerprint density at radius 1 is 1.14 bits per heavy atom. The van der Waals surface area contributed by atoms with Crippen LogP contribution in [0.5, 0.6) is 0 Å². The summed E-state index contributed by atoms with van der Waals surface area (Å²) in [6.07, 6.45) is 1.54. The number of aromatic nitrogens is 4. The minimum absolute atomic E-state index is 0.0528. The third-order valence-corrected chi connectivity index (χ3v) is 4.55. The molecule has 0 aliphatic carbocycles. The van der Waals surface area contributed by atoms with Gasteiger partial charge in [-0.05, 0) is 37.3 Å².